The van der Waals surface area contributed by atoms with Gasteiger partial charge in [-0.1, -0.05) is 56.5 Å². The lowest BCUT2D eigenvalue weighted by Crippen LogP contribution is -2.40. The van der Waals surface area contributed by atoms with E-state index in [1.54, 1.807) is 43.5 Å². The summed E-state index contributed by atoms with van der Waals surface area (Å²) in [5.41, 5.74) is 7.78. The molecule has 0 spiro atoms. The second kappa shape index (κ2) is 17.3. The summed E-state index contributed by atoms with van der Waals surface area (Å²) in [4.78, 5) is 0.260. The summed E-state index contributed by atoms with van der Waals surface area (Å²) < 4.78 is 57.8. The zero-order valence-electron chi connectivity index (χ0n) is 27.4. The Kier molecular flexibility index (Phi) is 13.8. The van der Waals surface area contributed by atoms with E-state index in [1.807, 2.05) is 12.2 Å². The van der Waals surface area contributed by atoms with Crippen LogP contribution in [0.3, 0.4) is 0 Å². The van der Waals surface area contributed by atoms with Gasteiger partial charge in [0.25, 0.3) is 0 Å². The van der Waals surface area contributed by atoms with Crippen LogP contribution in [0.25, 0.3) is 0 Å². The van der Waals surface area contributed by atoms with Gasteiger partial charge in [-0.3, -0.25) is 0 Å². The Labute approximate surface area is 275 Å². The summed E-state index contributed by atoms with van der Waals surface area (Å²) >= 11 is 0. The monoisotopic (exact) mass is 659 g/mol. The molecule has 46 heavy (non-hydrogen) atoms. The summed E-state index contributed by atoms with van der Waals surface area (Å²) in [7, 11) is -2.08. The number of hydrogen-bond donors (Lipinski definition) is 2. The molecule has 0 bridgehead atoms. The molecule has 256 valence electrons. The molecule has 3 saturated heterocycles. The van der Waals surface area contributed by atoms with Gasteiger partial charge in [-0.2, -0.15) is 0 Å². The van der Waals surface area contributed by atoms with Crippen LogP contribution in [0.15, 0.2) is 84.3 Å². The molecule has 3 fully saturated rings. The lowest BCUT2D eigenvalue weighted by molar-refractivity contribution is -0.0766. The van der Waals surface area contributed by atoms with Crippen LogP contribution in [0.2, 0.25) is 0 Å². The SMILES string of the molecule is C=CCOC/C=C/C1CC(=C)[C@H](CC[C@H]2C[C@@H](C)C(=C)C(C[C@@H]3O[C@H](CC(O)CN)[C@H](OC)[C@H]3CS(=O)(=O)c3ccccc3)O2)O1. The number of aliphatic hydroxyl groups excluding tert-OH is 1. The van der Waals surface area contributed by atoms with E-state index in [0.717, 1.165) is 36.8 Å². The fourth-order valence-corrected chi connectivity index (χ4v) is 8.59. The summed E-state index contributed by atoms with van der Waals surface area (Å²) in [5.74, 6) is -0.395. The van der Waals surface area contributed by atoms with Gasteiger partial charge in [-0.25, -0.2) is 8.42 Å². The first-order valence-electron chi connectivity index (χ1n) is 16.4. The van der Waals surface area contributed by atoms with Crippen LogP contribution in [0, 0.1) is 11.8 Å². The van der Waals surface area contributed by atoms with E-state index in [9.17, 15) is 13.5 Å². The van der Waals surface area contributed by atoms with Gasteiger partial charge in [-0.15, -0.1) is 6.58 Å². The van der Waals surface area contributed by atoms with Crippen molar-refractivity contribution in [1.29, 1.82) is 0 Å². The van der Waals surface area contributed by atoms with Crippen LogP contribution < -0.4 is 5.73 Å². The standard InChI is InChI=1S/C36H53NO8S/c1-6-16-42-17-10-11-28-19-25(3)32(43-28)15-14-29-18-24(2)26(4)33(44-29)21-34-31(23-46(39,40)30-12-8-7-9-13-30)36(41-5)35(45-34)20-27(38)22-37/h6-13,24,27-29,31-36,38H,1,3-4,14-23,37H2,2,5H3/b11-10+/t24-,27?,28?,29+,31+,32+,33?,34+,35-,36-/m1/s1. The second-order valence-electron chi connectivity index (χ2n) is 12.8. The Morgan fingerprint density at radius 1 is 1.09 bits per heavy atom. The lowest BCUT2D eigenvalue weighted by Gasteiger charge is -2.38. The molecule has 10 atom stereocenters. The van der Waals surface area contributed by atoms with Gasteiger partial charge in [-0.05, 0) is 48.5 Å². The van der Waals surface area contributed by atoms with Crippen LogP contribution in [0.1, 0.15) is 45.4 Å². The molecule has 1 aromatic rings. The van der Waals surface area contributed by atoms with Gasteiger partial charge in [0, 0.05) is 38.8 Å². The van der Waals surface area contributed by atoms with Gasteiger partial charge >= 0.3 is 0 Å². The fraction of sp³-hybridized carbons (Fsp3) is 0.611. The van der Waals surface area contributed by atoms with E-state index in [1.165, 1.54) is 0 Å². The van der Waals surface area contributed by atoms with Crippen LogP contribution >= 0.6 is 0 Å². The van der Waals surface area contributed by atoms with Gasteiger partial charge in [0.2, 0.25) is 0 Å². The number of ether oxygens (including phenoxy) is 5. The van der Waals surface area contributed by atoms with Crippen LogP contribution in [0.4, 0.5) is 0 Å². The molecule has 0 saturated carbocycles. The van der Waals surface area contributed by atoms with Gasteiger partial charge < -0.3 is 34.5 Å². The zero-order chi connectivity index (χ0) is 33.3. The van der Waals surface area contributed by atoms with Crippen molar-refractivity contribution in [2.75, 3.05) is 32.6 Å². The highest BCUT2D eigenvalue weighted by molar-refractivity contribution is 7.91. The highest BCUT2D eigenvalue weighted by atomic mass is 32.2. The normalized spacial score (nSPS) is 32.7. The predicted molar refractivity (Wildman–Crippen MR) is 179 cm³/mol. The van der Waals surface area contributed by atoms with Crippen LogP contribution in [-0.4, -0.2) is 95.0 Å². The Bertz CT molecular complexity index is 1280. The summed E-state index contributed by atoms with van der Waals surface area (Å²) in [6.45, 7) is 15.6. The average Bonchev–Trinajstić information content (AvgIpc) is 3.55. The second-order valence-corrected chi connectivity index (χ2v) is 14.9. The fourth-order valence-electron chi connectivity index (χ4n) is 6.92. The molecule has 0 amide bonds. The molecule has 9 nitrogen and oxygen atoms in total. The van der Waals surface area contributed by atoms with Crippen molar-refractivity contribution >= 4 is 9.84 Å². The van der Waals surface area contributed by atoms with Crippen molar-refractivity contribution in [3.63, 3.8) is 0 Å². The molecule has 1 aromatic carbocycles. The Balaban J connectivity index is 1.42. The van der Waals surface area contributed by atoms with Crippen molar-refractivity contribution in [2.24, 2.45) is 17.6 Å². The first-order valence-corrected chi connectivity index (χ1v) is 18.1. The molecule has 3 unspecified atom stereocenters. The maximum Gasteiger partial charge on any atom is 0.178 e. The van der Waals surface area contributed by atoms with E-state index in [4.69, 9.17) is 29.4 Å². The molecular formula is C36H53NO8S. The molecule has 3 aliphatic heterocycles. The minimum absolute atomic E-state index is 0.00775. The number of benzene rings is 1. The number of hydrogen-bond acceptors (Lipinski definition) is 9. The maximum absolute atomic E-state index is 13.5. The van der Waals surface area contributed by atoms with Crippen LogP contribution in [0.5, 0.6) is 0 Å². The summed E-state index contributed by atoms with van der Waals surface area (Å²) in [5, 5.41) is 10.4. The van der Waals surface area contributed by atoms with Crippen molar-refractivity contribution in [1.82, 2.24) is 0 Å². The minimum Gasteiger partial charge on any atom is -0.392 e. The molecular weight excluding hydrogens is 606 g/mol. The van der Waals surface area contributed by atoms with Gasteiger partial charge in [0.15, 0.2) is 9.84 Å². The molecule has 0 aliphatic carbocycles. The minimum atomic E-state index is -3.64. The van der Waals surface area contributed by atoms with Crippen molar-refractivity contribution in [3.05, 3.63) is 79.4 Å². The van der Waals surface area contributed by atoms with Crippen molar-refractivity contribution in [3.8, 4) is 0 Å². The first kappa shape index (κ1) is 36.7. The molecule has 0 aromatic heterocycles. The number of nitrogens with two attached hydrogens (primary N) is 1. The summed E-state index contributed by atoms with van der Waals surface area (Å²) in [6.07, 6.45) is 7.02. The van der Waals surface area contributed by atoms with Crippen LogP contribution in [-0.2, 0) is 33.5 Å². The Morgan fingerprint density at radius 3 is 2.54 bits per heavy atom. The quantitative estimate of drug-likeness (QED) is 0.183. The van der Waals surface area contributed by atoms with Crippen molar-refractivity contribution in [2.45, 2.75) is 99.2 Å². The lowest BCUT2D eigenvalue weighted by atomic mass is 9.83. The third-order valence-corrected chi connectivity index (χ3v) is 11.3. The molecule has 0 radical (unpaired) electrons. The molecule has 3 heterocycles. The third-order valence-electron chi connectivity index (χ3n) is 9.45. The smallest absolute Gasteiger partial charge is 0.178 e. The van der Waals surface area contributed by atoms with Gasteiger partial charge in [0.05, 0.1) is 72.7 Å². The topological polar surface area (TPSA) is 127 Å². The third kappa shape index (κ3) is 9.70. The highest BCUT2D eigenvalue weighted by Gasteiger charge is 2.48. The Hall–Kier alpha value is -2.15. The number of sulfone groups is 1. The Morgan fingerprint density at radius 2 is 1.85 bits per heavy atom. The van der Waals surface area contributed by atoms with E-state index in [-0.39, 0.29) is 53.9 Å². The van der Waals surface area contributed by atoms with Crippen molar-refractivity contribution < 1.29 is 37.2 Å². The molecule has 3 N–H and O–H groups in total. The van der Waals surface area contributed by atoms with E-state index >= 15 is 0 Å². The first-order chi connectivity index (χ1) is 22.1. The summed E-state index contributed by atoms with van der Waals surface area (Å²) in [6, 6.07) is 8.44. The van der Waals surface area contributed by atoms with E-state index < -0.39 is 40.2 Å². The van der Waals surface area contributed by atoms with E-state index in [0.29, 0.717) is 19.6 Å². The number of aliphatic hydroxyl groups is 1. The number of methoxy groups -OCH3 is 1. The number of rotatable bonds is 17. The average molecular weight is 660 g/mol. The predicted octanol–water partition coefficient (Wildman–Crippen LogP) is 4.56. The molecule has 3 aliphatic rings. The highest BCUT2D eigenvalue weighted by Crippen LogP contribution is 2.41. The molecule has 4 rings (SSSR count). The largest absolute Gasteiger partial charge is 0.392 e. The van der Waals surface area contributed by atoms with E-state index in [2.05, 4.69) is 26.7 Å². The molecule has 10 heteroatoms. The zero-order valence-corrected chi connectivity index (χ0v) is 28.2. The van der Waals surface area contributed by atoms with Gasteiger partial charge in [0.1, 0.15) is 0 Å². The maximum atomic E-state index is 13.5.